The molecule has 0 bridgehead atoms. The molecule has 2 aromatic carbocycles. The molecular weight excluding hydrogens is 479 g/mol. The van der Waals surface area contributed by atoms with E-state index in [0.717, 1.165) is 24.8 Å². The van der Waals surface area contributed by atoms with Crippen molar-refractivity contribution in [2.75, 3.05) is 18.9 Å². The Morgan fingerprint density at radius 1 is 1.19 bits per heavy atom. The molecule has 0 saturated heterocycles. The number of nitrogens with one attached hydrogen (secondary N) is 1. The SMILES string of the molecule is CCCS(=O)(=O)NCCOc1ccc2c(c1)C(Cc1ccc(Cl)cc1Cl)C(N)CC2.Cl. The molecule has 2 aromatic rings. The minimum Gasteiger partial charge on any atom is -0.492 e. The van der Waals surface area contributed by atoms with Crippen LogP contribution in [0.2, 0.25) is 10.0 Å². The molecule has 0 aromatic heterocycles. The number of ether oxygens (including phenoxy) is 1. The third-order valence-electron chi connectivity index (χ3n) is 5.40. The smallest absolute Gasteiger partial charge is 0.211 e. The molecule has 1 aliphatic rings. The monoisotopic (exact) mass is 506 g/mol. The highest BCUT2D eigenvalue weighted by molar-refractivity contribution is 7.89. The summed E-state index contributed by atoms with van der Waals surface area (Å²) < 4.78 is 31.8. The first kappa shape index (κ1) is 26.2. The van der Waals surface area contributed by atoms with Crippen molar-refractivity contribution in [3.8, 4) is 5.75 Å². The zero-order valence-corrected chi connectivity index (χ0v) is 20.6. The van der Waals surface area contributed by atoms with Gasteiger partial charge < -0.3 is 10.5 Å². The maximum absolute atomic E-state index is 11.7. The minimum absolute atomic E-state index is 0. The maximum Gasteiger partial charge on any atom is 0.211 e. The van der Waals surface area contributed by atoms with E-state index >= 15 is 0 Å². The Morgan fingerprint density at radius 2 is 1.97 bits per heavy atom. The summed E-state index contributed by atoms with van der Waals surface area (Å²) in [5.41, 5.74) is 9.94. The van der Waals surface area contributed by atoms with E-state index < -0.39 is 10.0 Å². The average molecular weight is 508 g/mol. The molecule has 0 radical (unpaired) electrons. The molecule has 0 spiro atoms. The summed E-state index contributed by atoms with van der Waals surface area (Å²) in [6.45, 7) is 2.34. The molecule has 0 saturated carbocycles. The third-order valence-corrected chi connectivity index (χ3v) is 7.58. The third kappa shape index (κ3) is 7.24. The normalized spacial score (nSPS) is 18.2. The van der Waals surface area contributed by atoms with Crippen LogP contribution in [0.4, 0.5) is 0 Å². The predicted molar refractivity (Wildman–Crippen MR) is 130 cm³/mol. The lowest BCUT2D eigenvalue weighted by molar-refractivity contribution is 0.321. The maximum atomic E-state index is 11.7. The molecule has 3 N–H and O–H groups in total. The highest BCUT2D eigenvalue weighted by Gasteiger charge is 2.28. The van der Waals surface area contributed by atoms with Gasteiger partial charge in [0.15, 0.2) is 0 Å². The van der Waals surface area contributed by atoms with Crippen molar-refractivity contribution in [3.05, 3.63) is 63.1 Å². The fraction of sp³-hybridized carbons (Fsp3) is 0.455. The summed E-state index contributed by atoms with van der Waals surface area (Å²) in [6.07, 6.45) is 3.16. The van der Waals surface area contributed by atoms with E-state index in [0.29, 0.717) is 22.2 Å². The molecule has 0 amide bonds. The number of fused-ring (bicyclic) bond motifs is 1. The first-order valence-corrected chi connectivity index (χ1v) is 12.6. The van der Waals surface area contributed by atoms with Crippen LogP contribution in [-0.4, -0.2) is 33.4 Å². The fourth-order valence-corrected chi connectivity index (χ4v) is 5.44. The zero-order valence-electron chi connectivity index (χ0n) is 17.4. The first-order chi connectivity index (χ1) is 14.3. The molecule has 31 heavy (non-hydrogen) atoms. The standard InChI is InChI=1S/C22H28Cl2N2O3S.ClH/c1-2-11-30(27,28)26-9-10-29-18-7-4-15-5-8-22(25)20(19(15)14-18)12-16-3-6-17(23)13-21(16)24;/h3-4,6-7,13-14,20,22,26H,2,5,8-12,25H2,1H3;1H. The molecule has 0 fully saturated rings. The largest absolute Gasteiger partial charge is 0.492 e. The van der Waals surface area contributed by atoms with Gasteiger partial charge in [-0.1, -0.05) is 42.3 Å². The molecule has 2 atom stereocenters. The van der Waals surface area contributed by atoms with Gasteiger partial charge >= 0.3 is 0 Å². The van der Waals surface area contributed by atoms with Crippen molar-refractivity contribution in [3.63, 3.8) is 0 Å². The summed E-state index contributed by atoms with van der Waals surface area (Å²) in [6, 6.07) is 11.6. The van der Waals surface area contributed by atoms with Crippen molar-refractivity contribution >= 4 is 45.6 Å². The van der Waals surface area contributed by atoms with E-state index in [1.807, 2.05) is 31.2 Å². The van der Waals surface area contributed by atoms with Gasteiger partial charge in [-0.25, -0.2) is 13.1 Å². The minimum atomic E-state index is -3.23. The highest BCUT2D eigenvalue weighted by atomic mass is 35.5. The highest BCUT2D eigenvalue weighted by Crippen LogP contribution is 2.37. The van der Waals surface area contributed by atoms with Crippen LogP contribution in [0.25, 0.3) is 0 Å². The molecule has 0 heterocycles. The predicted octanol–water partition coefficient (Wildman–Crippen LogP) is 4.72. The lowest BCUT2D eigenvalue weighted by Crippen LogP contribution is -2.34. The van der Waals surface area contributed by atoms with Gasteiger partial charge in [-0.15, -0.1) is 12.4 Å². The lowest BCUT2D eigenvalue weighted by atomic mass is 9.76. The van der Waals surface area contributed by atoms with Crippen LogP contribution < -0.4 is 15.2 Å². The van der Waals surface area contributed by atoms with E-state index in [4.69, 9.17) is 33.7 Å². The molecule has 2 unspecified atom stereocenters. The molecule has 172 valence electrons. The second kappa shape index (κ2) is 11.7. The Kier molecular flexibility index (Phi) is 9.93. The van der Waals surface area contributed by atoms with E-state index in [1.54, 1.807) is 6.07 Å². The Balaban J connectivity index is 0.00000341. The Labute approximate surface area is 201 Å². The lowest BCUT2D eigenvalue weighted by Gasteiger charge is -2.32. The van der Waals surface area contributed by atoms with Crippen molar-refractivity contribution in [1.29, 1.82) is 0 Å². The van der Waals surface area contributed by atoms with E-state index in [9.17, 15) is 8.42 Å². The van der Waals surface area contributed by atoms with Gasteiger partial charge in [0.2, 0.25) is 10.0 Å². The number of halogens is 3. The van der Waals surface area contributed by atoms with E-state index in [1.165, 1.54) is 11.1 Å². The quantitative estimate of drug-likeness (QED) is 0.481. The fourth-order valence-electron chi connectivity index (χ4n) is 3.88. The van der Waals surface area contributed by atoms with Crippen molar-refractivity contribution in [1.82, 2.24) is 4.72 Å². The molecular formula is C22H29Cl3N2O3S. The van der Waals surface area contributed by atoms with Gasteiger partial charge in [-0.3, -0.25) is 0 Å². The van der Waals surface area contributed by atoms with Gasteiger partial charge in [0.05, 0.1) is 5.75 Å². The van der Waals surface area contributed by atoms with Crippen LogP contribution in [0.15, 0.2) is 36.4 Å². The van der Waals surface area contributed by atoms with Gasteiger partial charge in [-0.05, 0) is 66.6 Å². The number of nitrogens with two attached hydrogens (primary N) is 1. The number of hydrogen-bond donors (Lipinski definition) is 2. The first-order valence-electron chi connectivity index (χ1n) is 10.2. The van der Waals surface area contributed by atoms with Crippen LogP contribution in [0.5, 0.6) is 5.75 Å². The van der Waals surface area contributed by atoms with E-state index in [-0.39, 0.29) is 43.3 Å². The number of rotatable bonds is 9. The number of hydrogen-bond acceptors (Lipinski definition) is 4. The number of aryl methyl sites for hydroxylation is 1. The molecule has 0 aliphatic heterocycles. The van der Waals surface area contributed by atoms with Crippen molar-refractivity contribution < 1.29 is 13.2 Å². The molecule has 3 rings (SSSR count). The number of sulfonamides is 1. The summed E-state index contributed by atoms with van der Waals surface area (Å²) in [5.74, 6) is 0.961. The molecule has 9 heteroatoms. The summed E-state index contributed by atoms with van der Waals surface area (Å²) in [5, 5.41) is 1.26. The topological polar surface area (TPSA) is 81.4 Å². The number of benzene rings is 2. The van der Waals surface area contributed by atoms with Crippen LogP contribution in [-0.2, 0) is 22.9 Å². The average Bonchev–Trinajstić information content (AvgIpc) is 2.69. The summed E-state index contributed by atoms with van der Waals surface area (Å²) in [7, 11) is -3.23. The second-order valence-corrected chi connectivity index (χ2v) is 10.4. The van der Waals surface area contributed by atoms with Crippen molar-refractivity contribution in [2.45, 2.75) is 44.6 Å². The summed E-state index contributed by atoms with van der Waals surface area (Å²) in [4.78, 5) is 0. The summed E-state index contributed by atoms with van der Waals surface area (Å²) >= 11 is 12.4. The van der Waals surface area contributed by atoms with Crippen molar-refractivity contribution in [2.24, 2.45) is 5.73 Å². The molecule has 1 aliphatic carbocycles. The van der Waals surface area contributed by atoms with Gasteiger partial charge in [-0.2, -0.15) is 0 Å². The van der Waals surface area contributed by atoms with Crippen LogP contribution in [0.1, 0.15) is 42.4 Å². The Bertz CT molecular complexity index is 986. The van der Waals surface area contributed by atoms with E-state index in [2.05, 4.69) is 10.8 Å². The van der Waals surface area contributed by atoms with Crippen LogP contribution in [0.3, 0.4) is 0 Å². The molecule has 5 nitrogen and oxygen atoms in total. The van der Waals surface area contributed by atoms with Crippen LogP contribution >= 0.6 is 35.6 Å². The van der Waals surface area contributed by atoms with Gasteiger partial charge in [0.25, 0.3) is 0 Å². The Morgan fingerprint density at radius 3 is 2.68 bits per heavy atom. The second-order valence-electron chi connectivity index (χ2n) is 7.67. The van der Waals surface area contributed by atoms with Crippen LogP contribution in [0, 0.1) is 0 Å². The van der Waals surface area contributed by atoms with Gasteiger partial charge in [0, 0.05) is 28.5 Å². The Hall–Kier alpha value is -1.02. The zero-order chi connectivity index (χ0) is 21.7. The van der Waals surface area contributed by atoms with Gasteiger partial charge in [0.1, 0.15) is 12.4 Å².